The summed E-state index contributed by atoms with van der Waals surface area (Å²) >= 11 is 2.97. The third-order valence-electron chi connectivity index (χ3n) is 3.45. The van der Waals surface area contributed by atoms with Gasteiger partial charge in [0, 0.05) is 16.0 Å². The minimum Gasteiger partial charge on any atom is -0.477 e. The number of carboxylic acid groups (broad SMARTS) is 1. The van der Waals surface area contributed by atoms with Crippen molar-refractivity contribution in [2.75, 3.05) is 5.75 Å². The maximum absolute atomic E-state index is 12.2. The first-order chi connectivity index (χ1) is 13.0. The molecule has 6 heteroatoms. The number of thiophene rings is 1. The van der Waals surface area contributed by atoms with Gasteiger partial charge in [-0.2, -0.15) is 0 Å². The lowest BCUT2D eigenvalue weighted by atomic mass is 10.0. The van der Waals surface area contributed by atoms with Crippen molar-refractivity contribution in [2.45, 2.75) is 11.8 Å². The number of carbonyl (C=O) groups excluding carboxylic acids is 1. The van der Waals surface area contributed by atoms with Crippen LogP contribution >= 0.6 is 23.1 Å². The van der Waals surface area contributed by atoms with E-state index >= 15 is 0 Å². The highest BCUT2D eigenvalue weighted by molar-refractivity contribution is 7.99. The summed E-state index contributed by atoms with van der Waals surface area (Å²) in [5.74, 6) is -0.0770. The van der Waals surface area contributed by atoms with Crippen LogP contribution in [0.4, 0.5) is 0 Å². The Morgan fingerprint density at radius 2 is 1.63 bits per heavy atom. The van der Waals surface area contributed by atoms with E-state index in [1.54, 1.807) is 53.5 Å². The fourth-order valence-corrected chi connectivity index (χ4v) is 3.37. The van der Waals surface area contributed by atoms with Crippen molar-refractivity contribution in [1.29, 1.82) is 5.41 Å². The molecule has 1 aromatic heterocycles. The monoisotopic (exact) mass is 397 g/mol. The van der Waals surface area contributed by atoms with Crippen molar-refractivity contribution in [2.24, 2.45) is 0 Å². The van der Waals surface area contributed by atoms with Crippen molar-refractivity contribution in [3.63, 3.8) is 0 Å². The second-order valence-corrected chi connectivity index (χ2v) is 7.60. The van der Waals surface area contributed by atoms with Crippen molar-refractivity contribution in [3.05, 3.63) is 88.1 Å². The van der Waals surface area contributed by atoms with Crippen molar-refractivity contribution >= 4 is 40.6 Å². The van der Waals surface area contributed by atoms with Gasteiger partial charge in [0.15, 0.2) is 0 Å². The number of Topliss-reactive ketones (excluding diaryl/α,β-unsaturated/α-hetero) is 1. The number of carboxylic acids is 1. The molecule has 0 saturated heterocycles. The summed E-state index contributed by atoms with van der Waals surface area (Å²) < 4.78 is 0. The fraction of sp³-hybridized carbons (Fsp3) is 0.0952. The summed E-state index contributed by atoms with van der Waals surface area (Å²) in [6.45, 7) is 2.09. The molecule has 1 heterocycles. The number of nitrogens with one attached hydrogen (secondary N) is 1. The van der Waals surface area contributed by atoms with Crippen molar-refractivity contribution in [3.8, 4) is 0 Å². The summed E-state index contributed by atoms with van der Waals surface area (Å²) in [7, 11) is 0. The van der Waals surface area contributed by atoms with Crippen molar-refractivity contribution < 1.29 is 14.7 Å². The average Bonchev–Trinajstić information content (AvgIpc) is 3.24. The molecule has 3 aromatic rings. The first-order valence-electron chi connectivity index (χ1n) is 8.21. The Kier molecular flexibility index (Phi) is 7.98. The predicted octanol–water partition coefficient (Wildman–Crippen LogP) is 5.50. The molecule has 0 aliphatic heterocycles. The normalized spacial score (nSPS) is 9.81. The first kappa shape index (κ1) is 20.6. The maximum Gasteiger partial charge on any atom is 0.345 e. The highest BCUT2D eigenvalue weighted by atomic mass is 32.2. The number of ketones is 1. The second kappa shape index (κ2) is 10.4. The van der Waals surface area contributed by atoms with Gasteiger partial charge in [0.1, 0.15) is 10.6 Å². The van der Waals surface area contributed by atoms with Crippen LogP contribution < -0.4 is 0 Å². The molecular weight excluding hydrogens is 378 g/mol. The molecule has 0 radical (unpaired) electrons. The van der Waals surface area contributed by atoms with Gasteiger partial charge in [0.25, 0.3) is 0 Å². The van der Waals surface area contributed by atoms with Gasteiger partial charge in [0.05, 0.1) is 0 Å². The molecule has 0 saturated carbocycles. The van der Waals surface area contributed by atoms with E-state index in [9.17, 15) is 9.59 Å². The van der Waals surface area contributed by atoms with Crippen LogP contribution in [-0.4, -0.2) is 28.3 Å². The van der Waals surface area contributed by atoms with Gasteiger partial charge in [-0.25, -0.2) is 4.79 Å². The number of rotatable bonds is 6. The lowest BCUT2D eigenvalue weighted by Gasteiger charge is -2.04. The van der Waals surface area contributed by atoms with Crippen LogP contribution in [0.1, 0.15) is 32.5 Å². The summed E-state index contributed by atoms with van der Waals surface area (Å²) in [5.41, 5.74) is 1.25. The van der Waals surface area contributed by atoms with E-state index in [0.717, 1.165) is 10.6 Å². The van der Waals surface area contributed by atoms with E-state index in [2.05, 4.69) is 6.92 Å². The molecule has 0 spiro atoms. The minimum atomic E-state index is -0.847. The van der Waals surface area contributed by atoms with Gasteiger partial charge < -0.3 is 5.11 Å². The third kappa shape index (κ3) is 6.20. The van der Waals surface area contributed by atoms with E-state index in [1.807, 2.05) is 30.3 Å². The Morgan fingerprint density at radius 1 is 0.963 bits per heavy atom. The first-order valence-corrected chi connectivity index (χ1v) is 10.1. The Hall–Kier alpha value is -2.70. The number of hydrogen-bond donors (Lipinski definition) is 2. The molecule has 0 atom stereocenters. The molecule has 3 rings (SSSR count). The fourth-order valence-electron chi connectivity index (χ4n) is 2.15. The highest BCUT2D eigenvalue weighted by Gasteiger charge is 2.13. The van der Waals surface area contributed by atoms with Gasteiger partial charge >= 0.3 is 5.97 Å². The molecule has 0 unspecified atom stereocenters. The van der Waals surface area contributed by atoms with E-state index < -0.39 is 5.97 Å². The smallest absolute Gasteiger partial charge is 0.345 e. The van der Waals surface area contributed by atoms with Crippen molar-refractivity contribution in [1.82, 2.24) is 0 Å². The Labute approximate surface area is 166 Å². The Morgan fingerprint density at radius 3 is 2.11 bits per heavy atom. The number of hydrogen-bond acceptors (Lipinski definition) is 5. The minimum absolute atomic E-state index is 0.0384. The van der Waals surface area contributed by atoms with Crippen LogP contribution in [0.5, 0.6) is 0 Å². The largest absolute Gasteiger partial charge is 0.477 e. The standard InChI is InChI=1S/C16H15NOS.C5H4O2S/c1-2-19-14-10-8-13(9-11-14)16(18)15(17)12-6-4-3-5-7-12;6-5(7)4-2-1-3-8-4/h3-11,17H,2H2,1H3;1-3H,(H,6,7). The molecular formula is C21H19NO3S2. The van der Waals surface area contributed by atoms with E-state index in [4.69, 9.17) is 10.5 Å². The molecule has 0 fully saturated rings. The summed E-state index contributed by atoms with van der Waals surface area (Å²) in [4.78, 5) is 23.8. The number of thioether (sulfide) groups is 1. The number of benzene rings is 2. The number of aromatic carboxylic acids is 1. The maximum atomic E-state index is 12.2. The molecule has 0 bridgehead atoms. The second-order valence-electron chi connectivity index (χ2n) is 5.31. The Balaban J connectivity index is 0.000000273. The van der Waals surface area contributed by atoms with Crippen LogP contribution in [0.25, 0.3) is 0 Å². The summed E-state index contributed by atoms with van der Waals surface area (Å²) in [5, 5.41) is 18.0. The summed E-state index contributed by atoms with van der Waals surface area (Å²) in [6.07, 6.45) is 0. The molecule has 2 aromatic carbocycles. The zero-order chi connectivity index (χ0) is 19.6. The van der Waals surface area contributed by atoms with E-state index in [0.29, 0.717) is 16.0 Å². The summed E-state index contributed by atoms with van der Waals surface area (Å²) in [6, 6.07) is 19.8. The zero-order valence-corrected chi connectivity index (χ0v) is 16.3. The quantitative estimate of drug-likeness (QED) is 0.327. The molecule has 2 N–H and O–H groups in total. The van der Waals surface area contributed by atoms with E-state index in [1.165, 1.54) is 11.3 Å². The third-order valence-corrected chi connectivity index (χ3v) is 5.20. The zero-order valence-electron chi connectivity index (χ0n) is 14.7. The molecule has 0 aliphatic rings. The van der Waals surface area contributed by atoms with Gasteiger partial charge in [0.2, 0.25) is 5.78 Å². The highest BCUT2D eigenvalue weighted by Crippen LogP contribution is 2.18. The van der Waals surface area contributed by atoms with E-state index in [-0.39, 0.29) is 11.5 Å². The van der Waals surface area contributed by atoms with Gasteiger partial charge in [-0.3, -0.25) is 10.2 Å². The lowest BCUT2D eigenvalue weighted by molar-refractivity contribution is 0.0702. The topological polar surface area (TPSA) is 78.2 Å². The SMILES string of the molecule is CCSc1ccc(C(=O)C(=N)c2ccccc2)cc1.O=C(O)c1cccs1. The molecule has 138 valence electrons. The molecule has 0 aliphatic carbocycles. The lowest BCUT2D eigenvalue weighted by Crippen LogP contribution is -2.14. The van der Waals surface area contributed by atoms with Crippen LogP contribution in [-0.2, 0) is 0 Å². The Bertz CT molecular complexity index is 889. The van der Waals surface area contributed by atoms with Gasteiger partial charge in [-0.1, -0.05) is 43.3 Å². The van der Waals surface area contributed by atoms with Crippen LogP contribution in [0.3, 0.4) is 0 Å². The van der Waals surface area contributed by atoms with Gasteiger partial charge in [-0.15, -0.1) is 23.1 Å². The van der Waals surface area contributed by atoms with Gasteiger partial charge in [-0.05, 0) is 41.5 Å². The van der Waals surface area contributed by atoms with Crippen LogP contribution in [0.15, 0.2) is 77.0 Å². The molecule has 4 nitrogen and oxygen atoms in total. The number of carbonyl (C=O) groups is 2. The molecule has 27 heavy (non-hydrogen) atoms. The predicted molar refractivity (Wildman–Crippen MR) is 112 cm³/mol. The average molecular weight is 398 g/mol. The molecule has 0 amide bonds. The van der Waals surface area contributed by atoms with Crippen LogP contribution in [0, 0.1) is 5.41 Å². The van der Waals surface area contributed by atoms with Crippen LogP contribution in [0.2, 0.25) is 0 Å².